The number of nitrogens with zero attached hydrogens (tertiary/aromatic N) is 1. The summed E-state index contributed by atoms with van der Waals surface area (Å²) >= 11 is 0. The van der Waals surface area contributed by atoms with Gasteiger partial charge in [0.25, 0.3) is 0 Å². The predicted octanol–water partition coefficient (Wildman–Crippen LogP) is 2.81. The lowest BCUT2D eigenvalue weighted by molar-refractivity contribution is 0.00311. The van der Waals surface area contributed by atoms with E-state index in [-0.39, 0.29) is 24.3 Å². The molecule has 5 nitrogen and oxygen atoms in total. The van der Waals surface area contributed by atoms with Crippen LogP contribution in [-0.2, 0) is 4.74 Å². The van der Waals surface area contributed by atoms with Crippen LogP contribution in [0.1, 0.15) is 15.9 Å². The topological polar surface area (TPSA) is 48.0 Å². The molecule has 2 aliphatic rings. The zero-order valence-corrected chi connectivity index (χ0v) is 15.2. The van der Waals surface area contributed by atoms with Gasteiger partial charge in [-0.1, -0.05) is 30.3 Å². The number of hydrogen-bond donors (Lipinski definition) is 0. The Balaban J connectivity index is 0.00000196. The average Bonchev–Trinajstić information content (AvgIpc) is 2.68. The number of rotatable bonds is 4. The first-order chi connectivity index (χ1) is 12.3. The lowest BCUT2D eigenvalue weighted by atomic mass is 10.0. The minimum Gasteiger partial charge on any atom is -0.486 e. The van der Waals surface area contributed by atoms with Crippen LogP contribution in [0.15, 0.2) is 48.5 Å². The summed E-state index contributed by atoms with van der Waals surface area (Å²) in [6.07, 6.45) is -0.0346. The molecule has 6 heteroatoms. The molecular weight excluding hydrogens is 354 g/mol. The van der Waals surface area contributed by atoms with Crippen molar-refractivity contribution in [3.8, 4) is 11.5 Å². The SMILES string of the molecule is Cl.O=C(c1ccccc1)c1ccc2c(c1)OC(CN1CCOCC1)CO2. The van der Waals surface area contributed by atoms with Crippen LogP contribution in [-0.4, -0.2) is 56.2 Å². The third kappa shape index (κ3) is 4.18. The normalized spacial score (nSPS) is 19.5. The van der Waals surface area contributed by atoms with Gasteiger partial charge in [-0.2, -0.15) is 0 Å². The zero-order chi connectivity index (χ0) is 17.1. The van der Waals surface area contributed by atoms with Crippen molar-refractivity contribution >= 4 is 18.2 Å². The summed E-state index contributed by atoms with van der Waals surface area (Å²) in [4.78, 5) is 14.9. The monoisotopic (exact) mass is 375 g/mol. The number of hydrogen-bond acceptors (Lipinski definition) is 5. The maximum atomic E-state index is 12.6. The molecule has 0 radical (unpaired) electrons. The number of halogens is 1. The number of fused-ring (bicyclic) bond motifs is 1. The highest BCUT2D eigenvalue weighted by molar-refractivity contribution is 6.09. The van der Waals surface area contributed by atoms with Gasteiger partial charge in [-0.25, -0.2) is 0 Å². The van der Waals surface area contributed by atoms with Crippen LogP contribution in [0.5, 0.6) is 11.5 Å². The Kier molecular flexibility index (Phi) is 6.14. The Labute approximate surface area is 159 Å². The second-order valence-electron chi connectivity index (χ2n) is 6.32. The molecule has 26 heavy (non-hydrogen) atoms. The Morgan fingerprint density at radius 3 is 2.54 bits per heavy atom. The number of benzene rings is 2. The van der Waals surface area contributed by atoms with Crippen molar-refractivity contribution in [2.75, 3.05) is 39.5 Å². The fourth-order valence-electron chi connectivity index (χ4n) is 3.17. The Morgan fingerprint density at radius 2 is 1.77 bits per heavy atom. The van der Waals surface area contributed by atoms with Gasteiger partial charge in [-0.3, -0.25) is 9.69 Å². The summed E-state index contributed by atoms with van der Waals surface area (Å²) in [6, 6.07) is 14.7. The quantitative estimate of drug-likeness (QED) is 0.769. The lowest BCUT2D eigenvalue weighted by Crippen LogP contribution is -2.45. The largest absolute Gasteiger partial charge is 0.486 e. The number of carbonyl (C=O) groups is 1. The van der Waals surface area contributed by atoms with Gasteiger partial charge < -0.3 is 14.2 Å². The van der Waals surface area contributed by atoms with Gasteiger partial charge in [-0.15, -0.1) is 12.4 Å². The Bertz CT molecular complexity index is 747. The number of ether oxygens (including phenoxy) is 3. The molecular formula is C20H22ClNO4. The summed E-state index contributed by atoms with van der Waals surface area (Å²) in [7, 11) is 0. The first-order valence-corrected chi connectivity index (χ1v) is 8.63. The van der Waals surface area contributed by atoms with E-state index < -0.39 is 0 Å². The molecule has 0 amide bonds. The summed E-state index contributed by atoms with van der Waals surface area (Å²) in [6.45, 7) is 4.69. The maximum absolute atomic E-state index is 12.6. The van der Waals surface area contributed by atoms with E-state index in [4.69, 9.17) is 14.2 Å². The van der Waals surface area contributed by atoms with E-state index in [0.717, 1.165) is 32.8 Å². The molecule has 2 aromatic carbocycles. The standard InChI is InChI=1S/C20H21NO4.ClH/c22-20(15-4-2-1-3-5-15)16-6-7-18-19(12-16)25-17(14-24-18)13-21-8-10-23-11-9-21;/h1-7,12,17H,8-11,13-14H2;1H. The summed E-state index contributed by atoms with van der Waals surface area (Å²) in [5, 5.41) is 0. The fourth-order valence-corrected chi connectivity index (χ4v) is 3.17. The van der Waals surface area contributed by atoms with Crippen molar-refractivity contribution in [3.63, 3.8) is 0 Å². The van der Waals surface area contributed by atoms with Crippen LogP contribution in [0.3, 0.4) is 0 Å². The minimum atomic E-state index is -0.0346. The Morgan fingerprint density at radius 1 is 1.00 bits per heavy atom. The molecule has 2 aliphatic heterocycles. The molecule has 1 atom stereocenters. The summed E-state index contributed by atoms with van der Waals surface area (Å²) in [5.41, 5.74) is 1.28. The van der Waals surface area contributed by atoms with Gasteiger partial charge >= 0.3 is 0 Å². The maximum Gasteiger partial charge on any atom is 0.193 e. The van der Waals surface area contributed by atoms with Crippen molar-refractivity contribution in [1.82, 2.24) is 4.90 Å². The van der Waals surface area contributed by atoms with Crippen LogP contribution in [0.2, 0.25) is 0 Å². The van der Waals surface area contributed by atoms with Crippen LogP contribution in [0.25, 0.3) is 0 Å². The van der Waals surface area contributed by atoms with Gasteiger partial charge in [0.05, 0.1) is 13.2 Å². The molecule has 2 heterocycles. The molecule has 0 N–H and O–H groups in total. The van der Waals surface area contributed by atoms with Crippen LogP contribution in [0.4, 0.5) is 0 Å². The third-order valence-corrected chi connectivity index (χ3v) is 4.53. The van der Waals surface area contributed by atoms with Crippen LogP contribution < -0.4 is 9.47 Å². The molecule has 138 valence electrons. The summed E-state index contributed by atoms with van der Waals surface area (Å²) in [5.74, 6) is 1.33. The molecule has 4 rings (SSSR count). The van der Waals surface area contributed by atoms with Crippen molar-refractivity contribution in [2.24, 2.45) is 0 Å². The molecule has 0 bridgehead atoms. The average molecular weight is 376 g/mol. The van der Waals surface area contributed by atoms with E-state index in [1.165, 1.54) is 0 Å². The first kappa shape index (κ1) is 18.7. The number of carbonyl (C=O) groups excluding carboxylic acids is 1. The van der Waals surface area contributed by atoms with E-state index >= 15 is 0 Å². The van der Waals surface area contributed by atoms with E-state index in [9.17, 15) is 4.79 Å². The molecule has 0 aromatic heterocycles. The molecule has 0 saturated carbocycles. The highest BCUT2D eigenvalue weighted by atomic mass is 35.5. The number of ketones is 1. The second-order valence-corrected chi connectivity index (χ2v) is 6.32. The smallest absolute Gasteiger partial charge is 0.193 e. The molecule has 1 unspecified atom stereocenters. The molecule has 0 spiro atoms. The second kappa shape index (κ2) is 8.54. The van der Waals surface area contributed by atoms with Gasteiger partial charge in [0, 0.05) is 30.8 Å². The predicted molar refractivity (Wildman–Crippen MR) is 101 cm³/mol. The van der Waals surface area contributed by atoms with Gasteiger partial charge in [0.2, 0.25) is 0 Å². The van der Waals surface area contributed by atoms with E-state index in [1.807, 2.05) is 36.4 Å². The highest BCUT2D eigenvalue weighted by Crippen LogP contribution is 2.33. The zero-order valence-electron chi connectivity index (χ0n) is 14.4. The fraction of sp³-hybridized carbons (Fsp3) is 0.350. The van der Waals surface area contributed by atoms with Gasteiger partial charge in [-0.05, 0) is 18.2 Å². The van der Waals surface area contributed by atoms with Crippen molar-refractivity contribution in [1.29, 1.82) is 0 Å². The van der Waals surface area contributed by atoms with Gasteiger partial charge in [0.1, 0.15) is 12.7 Å². The van der Waals surface area contributed by atoms with Crippen molar-refractivity contribution < 1.29 is 19.0 Å². The van der Waals surface area contributed by atoms with Crippen LogP contribution >= 0.6 is 12.4 Å². The third-order valence-electron chi connectivity index (χ3n) is 4.53. The van der Waals surface area contributed by atoms with E-state index in [1.54, 1.807) is 12.1 Å². The van der Waals surface area contributed by atoms with Crippen LogP contribution in [0, 0.1) is 0 Å². The molecule has 1 saturated heterocycles. The van der Waals surface area contributed by atoms with Crippen molar-refractivity contribution in [3.05, 3.63) is 59.7 Å². The molecule has 1 fully saturated rings. The van der Waals surface area contributed by atoms with E-state index in [2.05, 4.69) is 4.90 Å². The minimum absolute atomic E-state index is 0. The first-order valence-electron chi connectivity index (χ1n) is 8.63. The molecule has 2 aromatic rings. The number of morpholine rings is 1. The van der Waals surface area contributed by atoms with Gasteiger partial charge in [0.15, 0.2) is 17.3 Å². The lowest BCUT2D eigenvalue weighted by Gasteiger charge is -2.33. The highest BCUT2D eigenvalue weighted by Gasteiger charge is 2.25. The van der Waals surface area contributed by atoms with Crippen molar-refractivity contribution in [2.45, 2.75) is 6.10 Å². The van der Waals surface area contributed by atoms with E-state index in [0.29, 0.717) is 29.2 Å². The summed E-state index contributed by atoms with van der Waals surface area (Å²) < 4.78 is 17.3. The Hall–Kier alpha value is -2.08. The molecule has 0 aliphatic carbocycles.